The number of aryl methyl sites for hydroxylation is 2. The summed E-state index contributed by atoms with van der Waals surface area (Å²) in [5.74, 6) is 1.78. The number of rotatable bonds is 4. The number of methoxy groups -OCH3 is 2. The molecular formula is C30H26O2. The Morgan fingerprint density at radius 1 is 0.406 bits per heavy atom. The molecule has 0 saturated carbocycles. The lowest BCUT2D eigenvalue weighted by atomic mass is 9.83. The third kappa shape index (κ3) is 3.03. The van der Waals surface area contributed by atoms with Crippen molar-refractivity contribution in [3.05, 3.63) is 96.1 Å². The molecule has 0 unspecified atom stereocenters. The van der Waals surface area contributed by atoms with Crippen LogP contribution in [0.15, 0.2) is 84.9 Å². The minimum atomic E-state index is 0.890. The van der Waals surface area contributed by atoms with E-state index in [-0.39, 0.29) is 0 Å². The average molecular weight is 419 g/mol. The first-order valence-electron chi connectivity index (χ1n) is 10.9. The van der Waals surface area contributed by atoms with Gasteiger partial charge in [-0.05, 0) is 58.7 Å². The Kier molecular flexibility index (Phi) is 5.07. The van der Waals surface area contributed by atoms with E-state index in [0.29, 0.717) is 0 Å². The summed E-state index contributed by atoms with van der Waals surface area (Å²) in [6, 6.07) is 29.8. The second-order valence-electron chi connectivity index (χ2n) is 8.15. The van der Waals surface area contributed by atoms with Gasteiger partial charge in [0.25, 0.3) is 0 Å². The van der Waals surface area contributed by atoms with Crippen LogP contribution < -0.4 is 9.47 Å². The molecule has 0 fully saturated rings. The molecule has 32 heavy (non-hydrogen) atoms. The van der Waals surface area contributed by atoms with E-state index < -0.39 is 0 Å². The van der Waals surface area contributed by atoms with Crippen molar-refractivity contribution in [1.82, 2.24) is 0 Å². The van der Waals surface area contributed by atoms with Crippen molar-refractivity contribution in [1.29, 1.82) is 0 Å². The molecule has 2 heteroatoms. The molecule has 0 radical (unpaired) electrons. The standard InChI is InChI=1S/C30H26O2/c1-19-11-9-17-25(31-3)27(19)29-21-13-5-7-15-23(21)30(24-16-8-6-14-22(24)29)28-20(2)12-10-18-26(28)32-4/h5-18H,1-4H3. The molecule has 5 aromatic rings. The molecule has 0 aromatic heterocycles. The van der Waals surface area contributed by atoms with Gasteiger partial charge in [-0.1, -0.05) is 72.8 Å². The summed E-state index contributed by atoms with van der Waals surface area (Å²) in [5, 5.41) is 4.83. The fourth-order valence-corrected chi connectivity index (χ4v) is 4.93. The van der Waals surface area contributed by atoms with Crippen LogP contribution in [0, 0.1) is 13.8 Å². The summed E-state index contributed by atoms with van der Waals surface area (Å²) in [6.45, 7) is 4.30. The van der Waals surface area contributed by atoms with Gasteiger partial charge in [0.15, 0.2) is 0 Å². The van der Waals surface area contributed by atoms with E-state index in [0.717, 1.165) is 22.6 Å². The van der Waals surface area contributed by atoms with Crippen LogP contribution in [0.2, 0.25) is 0 Å². The Labute approximate surface area is 189 Å². The lowest BCUT2D eigenvalue weighted by Crippen LogP contribution is -1.97. The number of hydrogen-bond donors (Lipinski definition) is 0. The zero-order chi connectivity index (χ0) is 22.2. The maximum absolute atomic E-state index is 5.83. The highest BCUT2D eigenvalue weighted by atomic mass is 16.5. The molecule has 0 aliphatic rings. The van der Waals surface area contributed by atoms with Crippen molar-refractivity contribution in [2.45, 2.75) is 13.8 Å². The van der Waals surface area contributed by atoms with Gasteiger partial charge >= 0.3 is 0 Å². The van der Waals surface area contributed by atoms with Gasteiger partial charge in [0.05, 0.1) is 14.2 Å². The Bertz CT molecular complexity index is 1290. The lowest BCUT2D eigenvalue weighted by Gasteiger charge is -2.22. The molecule has 0 saturated heterocycles. The zero-order valence-corrected chi connectivity index (χ0v) is 18.9. The Hall–Kier alpha value is -3.78. The SMILES string of the molecule is COc1cccc(C)c1-c1c2ccccc2c(-c2c(C)cccc2OC)c2ccccc12. The van der Waals surface area contributed by atoms with Crippen LogP contribution in [0.1, 0.15) is 11.1 Å². The maximum atomic E-state index is 5.83. The van der Waals surface area contributed by atoms with E-state index in [2.05, 4.69) is 86.6 Å². The van der Waals surface area contributed by atoms with Crippen molar-refractivity contribution in [2.75, 3.05) is 14.2 Å². The van der Waals surface area contributed by atoms with Gasteiger partial charge in [-0.3, -0.25) is 0 Å². The minimum absolute atomic E-state index is 0.890. The summed E-state index contributed by atoms with van der Waals surface area (Å²) < 4.78 is 11.7. The molecule has 2 nitrogen and oxygen atoms in total. The van der Waals surface area contributed by atoms with Crippen molar-refractivity contribution < 1.29 is 9.47 Å². The van der Waals surface area contributed by atoms with Crippen LogP contribution in [0.3, 0.4) is 0 Å². The van der Waals surface area contributed by atoms with E-state index in [1.54, 1.807) is 14.2 Å². The highest BCUT2D eigenvalue weighted by Gasteiger charge is 2.22. The number of benzene rings is 5. The number of fused-ring (bicyclic) bond motifs is 2. The Morgan fingerprint density at radius 3 is 1.06 bits per heavy atom. The highest BCUT2D eigenvalue weighted by molar-refractivity contribution is 6.22. The molecule has 0 N–H and O–H groups in total. The quantitative estimate of drug-likeness (QED) is 0.276. The van der Waals surface area contributed by atoms with Crippen LogP contribution in [-0.4, -0.2) is 14.2 Å². The summed E-state index contributed by atoms with van der Waals surface area (Å²) in [6.07, 6.45) is 0. The molecule has 0 spiro atoms. The molecule has 5 aromatic carbocycles. The number of hydrogen-bond acceptors (Lipinski definition) is 2. The fourth-order valence-electron chi connectivity index (χ4n) is 4.93. The molecule has 0 heterocycles. The molecule has 158 valence electrons. The molecule has 0 amide bonds. The Morgan fingerprint density at radius 2 is 0.750 bits per heavy atom. The summed E-state index contributed by atoms with van der Waals surface area (Å²) in [5.41, 5.74) is 7.10. The lowest BCUT2D eigenvalue weighted by molar-refractivity contribution is 0.416. The summed E-state index contributed by atoms with van der Waals surface area (Å²) >= 11 is 0. The van der Waals surface area contributed by atoms with Gasteiger partial charge in [-0.2, -0.15) is 0 Å². The second-order valence-corrected chi connectivity index (χ2v) is 8.15. The van der Waals surface area contributed by atoms with Crippen LogP contribution >= 0.6 is 0 Å². The van der Waals surface area contributed by atoms with E-state index in [9.17, 15) is 0 Å². The summed E-state index contributed by atoms with van der Waals surface area (Å²) in [4.78, 5) is 0. The molecular weight excluding hydrogens is 392 g/mol. The van der Waals surface area contributed by atoms with Gasteiger partial charge in [0.2, 0.25) is 0 Å². The van der Waals surface area contributed by atoms with E-state index in [1.165, 1.54) is 43.8 Å². The van der Waals surface area contributed by atoms with Crippen LogP contribution in [0.4, 0.5) is 0 Å². The first kappa shape index (κ1) is 20.1. The van der Waals surface area contributed by atoms with E-state index in [1.807, 2.05) is 12.1 Å². The molecule has 0 atom stereocenters. The maximum Gasteiger partial charge on any atom is 0.126 e. The van der Waals surface area contributed by atoms with Crippen molar-refractivity contribution in [3.8, 4) is 33.8 Å². The van der Waals surface area contributed by atoms with Crippen molar-refractivity contribution >= 4 is 21.5 Å². The van der Waals surface area contributed by atoms with E-state index >= 15 is 0 Å². The zero-order valence-electron chi connectivity index (χ0n) is 18.9. The third-order valence-corrected chi connectivity index (χ3v) is 6.34. The van der Waals surface area contributed by atoms with Gasteiger partial charge in [-0.25, -0.2) is 0 Å². The third-order valence-electron chi connectivity index (χ3n) is 6.34. The van der Waals surface area contributed by atoms with Crippen LogP contribution in [-0.2, 0) is 0 Å². The van der Waals surface area contributed by atoms with Gasteiger partial charge < -0.3 is 9.47 Å². The van der Waals surface area contributed by atoms with Crippen LogP contribution in [0.5, 0.6) is 11.5 Å². The minimum Gasteiger partial charge on any atom is -0.496 e. The highest BCUT2D eigenvalue weighted by Crippen LogP contribution is 2.48. The average Bonchev–Trinajstić information content (AvgIpc) is 2.83. The van der Waals surface area contributed by atoms with Crippen molar-refractivity contribution in [3.63, 3.8) is 0 Å². The predicted molar refractivity (Wildman–Crippen MR) is 135 cm³/mol. The van der Waals surface area contributed by atoms with Gasteiger partial charge in [0.1, 0.15) is 11.5 Å². The summed E-state index contributed by atoms with van der Waals surface area (Å²) in [7, 11) is 3.49. The Balaban J connectivity index is 2.05. The second kappa shape index (κ2) is 8.05. The normalized spacial score (nSPS) is 11.1. The van der Waals surface area contributed by atoms with Crippen molar-refractivity contribution in [2.24, 2.45) is 0 Å². The topological polar surface area (TPSA) is 18.5 Å². The van der Waals surface area contributed by atoms with Crippen LogP contribution in [0.25, 0.3) is 43.8 Å². The molecule has 0 aliphatic carbocycles. The van der Waals surface area contributed by atoms with Gasteiger partial charge in [-0.15, -0.1) is 0 Å². The monoisotopic (exact) mass is 418 g/mol. The fraction of sp³-hybridized carbons (Fsp3) is 0.133. The van der Waals surface area contributed by atoms with E-state index in [4.69, 9.17) is 9.47 Å². The van der Waals surface area contributed by atoms with Gasteiger partial charge in [0, 0.05) is 22.3 Å². The first-order chi connectivity index (χ1) is 15.7. The predicted octanol–water partition coefficient (Wildman–Crippen LogP) is 7.96. The molecule has 0 aliphatic heterocycles. The molecule has 5 rings (SSSR count). The first-order valence-corrected chi connectivity index (χ1v) is 10.9. The number of ether oxygens (including phenoxy) is 2. The smallest absolute Gasteiger partial charge is 0.126 e. The largest absolute Gasteiger partial charge is 0.496 e. The molecule has 0 bridgehead atoms.